The molecule has 0 saturated heterocycles. The Morgan fingerprint density at radius 2 is 0.636 bits per heavy atom. The zero-order valence-electron chi connectivity index (χ0n) is 13.5. The smallest absolute Gasteiger partial charge is 0.303 e. The molecule has 0 fully saturated rings. The van der Waals surface area contributed by atoms with Gasteiger partial charge in [0.2, 0.25) is 0 Å². The molecule has 0 atom stereocenters. The molecule has 0 rings (SSSR count). The Labute approximate surface area is 133 Å². The van der Waals surface area contributed by atoms with Crippen LogP contribution < -0.4 is 0 Å². The number of phosphoric acid groups is 2. The van der Waals surface area contributed by atoms with Gasteiger partial charge in [0, 0.05) is 0 Å². The van der Waals surface area contributed by atoms with Crippen LogP contribution in [0.1, 0.15) is 78.1 Å². The van der Waals surface area contributed by atoms with Gasteiger partial charge in [0.1, 0.15) is 0 Å². The minimum Gasteiger partial charge on any atom is -0.303 e. The normalized spacial score (nSPS) is 11.1. The molecule has 0 aromatic heterocycles. The third kappa shape index (κ3) is 87.9. The second-order valence-corrected chi connectivity index (χ2v) is 6.91. The van der Waals surface area contributed by atoms with Crippen LogP contribution in [0.25, 0.3) is 0 Å². The lowest BCUT2D eigenvalue weighted by Gasteiger charge is -1.99. The van der Waals surface area contributed by atoms with Gasteiger partial charge in [0.15, 0.2) is 0 Å². The van der Waals surface area contributed by atoms with E-state index in [1.165, 1.54) is 64.2 Å². The maximum Gasteiger partial charge on any atom is 0.466 e. The molecule has 0 bridgehead atoms. The Morgan fingerprint density at radius 1 is 0.500 bits per heavy atom. The predicted octanol–water partition coefficient (Wildman–Crippen LogP) is 3.07. The molecule has 10 heteroatoms. The van der Waals surface area contributed by atoms with Crippen LogP contribution in [0, 0.1) is 0 Å². The van der Waals surface area contributed by atoms with Crippen molar-refractivity contribution in [1.82, 2.24) is 0 Å². The SMILES string of the molecule is CCCCCCCCCCCC.O=P(O)(O)O.O=P(O)(O)O. The molecular weight excluding hydrogens is 334 g/mol. The standard InChI is InChI=1S/C12H26.2H3O4P/c1-3-5-7-9-11-12-10-8-6-4-2;2*1-5(2,3)4/h3-12H2,1-2H3;2*(H3,1,2,3,4). The van der Waals surface area contributed by atoms with Crippen molar-refractivity contribution in [2.45, 2.75) is 78.1 Å². The van der Waals surface area contributed by atoms with Gasteiger partial charge in [-0.1, -0.05) is 78.1 Å². The van der Waals surface area contributed by atoms with E-state index >= 15 is 0 Å². The molecule has 22 heavy (non-hydrogen) atoms. The first-order chi connectivity index (χ1) is 9.91. The van der Waals surface area contributed by atoms with Crippen molar-refractivity contribution in [3.05, 3.63) is 0 Å². The first-order valence-corrected chi connectivity index (χ1v) is 10.6. The predicted molar refractivity (Wildman–Crippen MR) is 86.0 cm³/mol. The fourth-order valence-corrected chi connectivity index (χ4v) is 1.56. The summed E-state index contributed by atoms with van der Waals surface area (Å²) in [6.07, 6.45) is 14.4. The zero-order chi connectivity index (χ0) is 18.1. The molecule has 8 nitrogen and oxygen atoms in total. The molecule has 0 aliphatic heterocycles. The van der Waals surface area contributed by atoms with Crippen molar-refractivity contribution in [2.24, 2.45) is 0 Å². The van der Waals surface area contributed by atoms with E-state index in [0.29, 0.717) is 0 Å². The van der Waals surface area contributed by atoms with Gasteiger partial charge in [0.25, 0.3) is 0 Å². The maximum absolute atomic E-state index is 8.88. The third-order valence-corrected chi connectivity index (χ3v) is 2.46. The van der Waals surface area contributed by atoms with Crippen LogP contribution in [0.4, 0.5) is 0 Å². The lowest BCUT2D eigenvalue weighted by molar-refractivity contribution is 0.272. The lowest BCUT2D eigenvalue weighted by Crippen LogP contribution is -1.80. The van der Waals surface area contributed by atoms with Gasteiger partial charge in [0.05, 0.1) is 0 Å². The molecule has 0 radical (unpaired) electrons. The highest BCUT2D eigenvalue weighted by molar-refractivity contribution is 7.45. The highest BCUT2D eigenvalue weighted by Gasteiger charge is 2.00. The van der Waals surface area contributed by atoms with Crippen LogP contribution in [0.5, 0.6) is 0 Å². The van der Waals surface area contributed by atoms with Crippen molar-refractivity contribution in [1.29, 1.82) is 0 Å². The van der Waals surface area contributed by atoms with Crippen molar-refractivity contribution in [3.8, 4) is 0 Å². The molecule has 0 saturated carbocycles. The number of hydrogen-bond donors (Lipinski definition) is 6. The molecule has 0 aliphatic carbocycles. The summed E-state index contributed by atoms with van der Waals surface area (Å²) in [4.78, 5) is 43.1. The minimum absolute atomic E-state index is 1.37. The highest BCUT2D eigenvalue weighted by Crippen LogP contribution is 2.26. The minimum atomic E-state index is -4.64. The van der Waals surface area contributed by atoms with E-state index in [1.54, 1.807) is 0 Å². The van der Waals surface area contributed by atoms with E-state index in [2.05, 4.69) is 13.8 Å². The van der Waals surface area contributed by atoms with Gasteiger partial charge in [-0.25, -0.2) is 9.13 Å². The highest BCUT2D eigenvalue weighted by atomic mass is 31.2. The largest absolute Gasteiger partial charge is 0.466 e. The molecular formula is C12H32O8P2. The van der Waals surface area contributed by atoms with Crippen LogP contribution in [0.2, 0.25) is 0 Å². The van der Waals surface area contributed by atoms with E-state index in [0.717, 1.165) is 0 Å². The van der Waals surface area contributed by atoms with E-state index in [1.807, 2.05) is 0 Å². The van der Waals surface area contributed by atoms with Crippen molar-refractivity contribution in [3.63, 3.8) is 0 Å². The van der Waals surface area contributed by atoms with Gasteiger partial charge in [-0.05, 0) is 0 Å². The summed E-state index contributed by atoms with van der Waals surface area (Å²) in [6.45, 7) is 4.56. The third-order valence-electron chi connectivity index (χ3n) is 2.46. The van der Waals surface area contributed by atoms with Crippen LogP contribution >= 0.6 is 15.6 Å². The molecule has 0 aromatic rings. The van der Waals surface area contributed by atoms with Gasteiger partial charge < -0.3 is 29.4 Å². The summed E-state index contributed by atoms with van der Waals surface area (Å²) in [5, 5.41) is 0. The molecule has 0 spiro atoms. The molecule has 0 aliphatic rings. The summed E-state index contributed by atoms with van der Waals surface area (Å²) < 4.78 is 17.8. The van der Waals surface area contributed by atoms with Crippen molar-refractivity contribution < 1.29 is 38.5 Å². The van der Waals surface area contributed by atoms with E-state index < -0.39 is 15.6 Å². The summed E-state index contributed by atoms with van der Waals surface area (Å²) >= 11 is 0. The monoisotopic (exact) mass is 366 g/mol. The van der Waals surface area contributed by atoms with Crippen molar-refractivity contribution in [2.75, 3.05) is 0 Å². The Bertz CT molecular complexity index is 253. The molecule has 0 aromatic carbocycles. The van der Waals surface area contributed by atoms with Gasteiger partial charge >= 0.3 is 15.6 Å². The molecule has 0 amide bonds. The number of rotatable bonds is 9. The summed E-state index contributed by atoms with van der Waals surface area (Å²) in [6, 6.07) is 0. The first-order valence-electron chi connectivity index (χ1n) is 7.48. The molecule has 0 unspecified atom stereocenters. The first kappa shape index (κ1) is 27.1. The fraction of sp³-hybridized carbons (Fsp3) is 1.00. The molecule has 6 N–H and O–H groups in total. The van der Waals surface area contributed by atoms with Gasteiger partial charge in [-0.2, -0.15) is 0 Å². The lowest BCUT2D eigenvalue weighted by atomic mass is 10.1. The van der Waals surface area contributed by atoms with E-state index in [4.69, 9.17) is 38.5 Å². The fourth-order valence-electron chi connectivity index (χ4n) is 1.56. The van der Waals surface area contributed by atoms with Gasteiger partial charge in [-0.3, -0.25) is 0 Å². The Hall–Kier alpha value is 0.220. The Morgan fingerprint density at radius 3 is 0.773 bits per heavy atom. The average Bonchev–Trinajstić information content (AvgIpc) is 2.28. The summed E-state index contributed by atoms with van der Waals surface area (Å²) in [7, 11) is -9.28. The molecule has 138 valence electrons. The molecule has 0 heterocycles. The topological polar surface area (TPSA) is 156 Å². The van der Waals surface area contributed by atoms with Crippen LogP contribution in [0.3, 0.4) is 0 Å². The van der Waals surface area contributed by atoms with Crippen LogP contribution in [-0.2, 0) is 9.13 Å². The summed E-state index contributed by atoms with van der Waals surface area (Å²) in [5.74, 6) is 0. The van der Waals surface area contributed by atoms with Crippen molar-refractivity contribution >= 4 is 15.6 Å². The summed E-state index contributed by atoms with van der Waals surface area (Å²) in [5.41, 5.74) is 0. The van der Waals surface area contributed by atoms with Crippen LogP contribution in [-0.4, -0.2) is 29.4 Å². The average molecular weight is 366 g/mol. The number of unbranched alkanes of at least 4 members (excludes halogenated alkanes) is 9. The number of hydrogen-bond acceptors (Lipinski definition) is 2. The van der Waals surface area contributed by atoms with E-state index in [-0.39, 0.29) is 0 Å². The Balaban J connectivity index is -0.000000298. The van der Waals surface area contributed by atoms with Crippen LogP contribution in [0.15, 0.2) is 0 Å². The van der Waals surface area contributed by atoms with E-state index in [9.17, 15) is 0 Å². The second-order valence-electron chi connectivity index (χ2n) is 4.85. The second kappa shape index (κ2) is 17.6. The van der Waals surface area contributed by atoms with Gasteiger partial charge in [-0.15, -0.1) is 0 Å². The Kier molecular flexibility index (Phi) is 21.6. The maximum atomic E-state index is 8.88. The zero-order valence-corrected chi connectivity index (χ0v) is 15.3. The quantitative estimate of drug-likeness (QED) is 0.269.